The third-order valence-corrected chi connectivity index (χ3v) is 4.62. The van der Waals surface area contributed by atoms with E-state index in [0.717, 1.165) is 5.56 Å². The van der Waals surface area contributed by atoms with Gasteiger partial charge in [-0.3, -0.25) is 4.79 Å². The van der Waals surface area contributed by atoms with E-state index in [-0.39, 0.29) is 35.6 Å². The van der Waals surface area contributed by atoms with Crippen LogP contribution in [-0.2, 0) is 9.53 Å². The van der Waals surface area contributed by atoms with Crippen LogP contribution in [0.2, 0.25) is 0 Å². The van der Waals surface area contributed by atoms with Crippen molar-refractivity contribution in [1.29, 1.82) is 0 Å². The Bertz CT molecular complexity index is 1110. The topological polar surface area (TPSA) is 129 Å². The molecule has 0 saturated heterocycles. The molecule has 1 heterocycles. The molecule has 1 unspecified atom stereocenters. The highest BCUT2D eigenvalue weighted by atomic mass is 16.5. The number of hydrogen-bond acceptors (Lipinski definition) is 8. The van der Waals surface area contributed by atoms with Gasteiger partial charge in [-0.25, -0.2) is 0 Å². The van der Waals surface area contributed by atoms with E-state index in [1.165, 1.54) is 27.4 Å². The molecule has 32 heavy (non-hydrogen) atoms. The first-order chi connectivity index (χ1) is 15.6. The molecule has 3 aromatic rings. The lowest BCUT2D eigenvalue weighted by Crippen LogP contribution is -2.11. The average Bonchev–Trinajstić information content (AvgIpc) is 2.84. The molecule has 0 radical (unpaired) electrons. The van der Waals surface area contributed by atoms with Gasteiger partial charge >= 0.3 is 12.0 Å². The number of rotatable bonds is 9. The third-order valence-electron chi connectivity index (χ3n) is 4.62. The fraction of sp³-hybridized carbons (Fsp3) is 0.227. The van der Waals surface area contributed by atoms with Crippen molar-refractivity contribution in [3.05, 3.63) is 76.2 Å². The highest BCUT2D eigenvalue weighted by molar-refractivity contribution is 5.72. The average molecular weight is 435 g/mol. The lowest BCUT2D eigenvalue weighted by molar-refractivity contribution is -0.140. The molecule has 0 amide bonds. The standard InChI is InChI=1S/C22H21N5O5/c1-29-18-13-19(30-2)25-22(24-18)32-21-15(10-7-11-17(21)26-27-23)16(12-20(28)31-3)14-8-5-4-6-9-14/h4-11,13,16H,12H2,1-3H3. The number of azide groups is 1. The molecule has 3 rings (SSSR count). The summed E-state index contributed by atoms with van der Waals surface area (Å²) in [6.07, 6.45) is 0.0406. The SMILES string of the molecule is COC(=O)CC(c1ccccc1)c1cccc(N=[N+]=[N-])c1Oc1nc(OC)cc(OC)n1. The Hall–Kier alpha value is -4.30. The summed E-state index contributed by atoms with van der Waals surface area (Å²) in [5.41, 5.74) is 10.7. The van der Waals surface area contributed by atoms with Crippen molar-refractivity contribution in [2.75, 3.05) is 21.3 Å². The van der Waals surface area contributed by atoms with E-state index in [0.29, 0.717) is 5.56 Å². The summed E-state index contributed by atoms with van der Waals surface area (Å²) >= 11 is 0. The molecular weight excluding hydrogens is 414 g/mol. The van der Waals surface area contributed by atoms with Gasteiger partial charge in [0, 0.05) is 16.4 Å². The van der Waals surface area contributed by atoms with Gasteiger partial charge in [-0.2, -0.15) is 9.97 Å². The first-order valence-corrected chi connectivity index (χ1v) is 9.54. The minimum Gasteiger partial charge on any atom is -0.481 e. The van der Waals surface area contributed by atoms with Crippen molar-refractivity contribution in [2.45, 2.75) is 12.3 Å². The quantitative estimate of drug-likeness (QED) is 0.202. The van der Waals surface area contributed by atoms with Crippen LogP contribution in [0.15, 0.2) is 59.7 Å². The molecule has 0 aliphatic rings. The van der Waals surface area contributed by atoms with Crippen molar-refractivity contribution in [3.63, 3.8) is 0 Å². The van der Waals surface area contributed by atoms with Crippen LogP contribution in [0.5, 0.6) is 23.5 Å². The summed E-state index contributed by atoms with van der Waals surface area (Å²) in [5, 5.41) is 3.75. The summed E-state index contributed by atoms with van der Waals surface area (Å²) in [6, 6.07) is 15.9. The number of para-hydroxylation sites is 1. The number of carbonyl (C=O) groups excluding carboxylic acids is 1. The van der Waals surface area contributed by atoms with E-state index >= 15 is 0 Å². The summed E-state index contributed by atoms with van der Waals surface area (Å²) in [4.78, 5) is 23.5. The van der Waals surface area contributed by atoms with Gasteiger partial charge in [-0.05, 0) is 17.2 Å². The molecule has 0 aliphatic carbocycles. The molecule has 0 saturated carbocycles. The second-order valence-electron chi connectivity index (χ2n) is 6.47. The molecule has 1 atom stereocenters. The van der Waals surface area contributed by atoms with Gasteiger partial charge in [-0.1, -0.05) is 47.6 Å². The molecule has 10 heteroatoms. The Kier molecular flexibility index (Phi) is 7.45. The van der Waals surface area contributed by atoms with Gasteiger partial charge in [0.25, 0.3) is 0 Å². The van der Waals surface area contributed by atoms with Gasteiger partial charge < -0.3 is 18.9 Å². The predicted octanol–water partition coefficient (Wildman–Crippen LogP) is 4.92. The fourth-order valence-corrected chi connectivity index (χ4v) is 3.13. The van der Waals surface area contributed by atoms with Crippen LogP contribution >= 0.6 is 0 Å². The number of benzene rings is 2. The first kappa shape index (κ1) is 22.4. The summed E-state index contributed by atoms with van der Waals surface area (Å²) in [5.74, 6) is -0.190. The van der Waals surface area contributed by atoms with Crippen molar-refractivity contribution < 1.29 is 23.7 Å². The second-order valence-corrected chi connectivity index (χ2v) is 6.47. The van der Waals surface area contributed by atoms with E-state index in [2.05, 4.69) is 20.0 Å². The van der Waals surface area contributed by atoms with Crippen molar-refractivity contribution in [3.8, 4) is 23.5 Å². The summed E-state index contributed by atoms with van der Waals surface area (Å²) in [6.45, 7) is 0. The smallest absolute Gasteiger partial charge is 0.328 e. The molecular formula is C22H21N5O5. The molecule has 0 aliphatic heterocycles. The Morgan fingerprint density at radius 1 is 1.03 bits per heavy atom. The van der Waals surface area contributed by atoms with Crippen molar-refractivity contribution in [1.82, 2.24) is 9.97 Å². The van der Waals surface area contributed by atoms with Crippen LogP contribution in [-0.4, -0.2) is 37.3 Å². The van der Waals surface area contributed by atoms with Gasteiger partial charge in [0.15, 0.2) is 0 Å². The lowest BCUT2D eigenvalue weighted by atomic mass is 9.87. The number of esters is 1. The van der Waals surface area contributed by atoms with Crippen LogP contribution in [0.1, 0.15) is 23.5 Å². The normalized spacial score (nSPS) is 11.1. The van der Waals surface area contributed by atoms with Crippen LogP contribution in [0.3, 0.4) is 0 Å². The molecule has 10 nitrogen and oxygen atoms in total. The van der Waals surface area contributed by atoms with Gasteiger partial charge in [-0.15, -0.1) is 0 Å². The molecule has 2 aromatic carbocycles. The van der Waals surface area contributed by atoms with Gasteiger partial charge in [0.2, 0.25) is 11.8 Å². The molecule has 0 fully saturated rings. The minimum atomic E-state index is -0.444. The molecule has 0 N–H and O–H groups in total. The van der Waals surface area contributed by atoms with Crippen LogP contribution in [0, 0.1) is 0 Å². The largest absolute Gasteiger partial charge is 0.481 e. The van der Waals surface area contributed by atoms with Gasteiger partial charge in [0.05, 0.1) is 39.5 Å². The van der Waals surface area contributed by atoms with Gasteiger partial charge in [0.1, 0.15) is 5.75 Å². The van der Waals surface area contributed by atoms with E-state index < -0.39 is 11.9 Å². The second kappa shape index (κ2) is 10.6. The minimum absolute atomic E-state index is 0.0406. The molecule has 0 spiro atoms. The Balaban J connectivity index is 2.17. The lowest BCUT2D eigenvalue weighted by Gasteiger charge is -2.21. The number of ether oxygens (including phenoxy) is 4. The van der Waals surface area contributed by atoms with E-state index in [1.807, 2.05) is 30.3 Å². The predicted molar refractivity (Wildman–Crippen MR) is 115 cm³/mol. The number of nitrogens with zero attached hydrogens (tertiary/aromatic N) is 5. The molecule has 164 valence electrons. The van der Waals surface area contributed by atoms with Crippen molar-refractivity contribution in [2.24, 2.45) is 5.11 Å². The maximum atomic E-state index is 12.2. The third kappa shape index (κ3) is 5.24. The zero-order valence-electron chi connectivity index (χ0n) is 17.8. The Morgan fingerprint density at radius 3 is 2.31 bits per heavy atom. The molecule has 0 bridgehead atoms. The van der Waals surface area contributed by atoms with E-state index in [4.69, 9.17) is 24.5 Å². The van der Waals surface area contributed by atoms with E-state index in [1.54, 1.807) is 18.2 Å². The number of carbonyl (C=O) groups is 1. The van der Waals surface area contributed by atoms with Crippen LogP contribution in [0.25, 0.3) is 10.4 Å². The van der Waals surface area contributed by atoms with Crippen molar-refractivity contribution >= 4 is 11.7 Å². The zero-order chi connectivity index (χ0) is 22.9. The highest BCUT2D eigenvalue weighted by Gasteiger charge is 2.25. The maximum absolute atomic E-state index is 12.2. The molecule has 1 aromatic heterocycles. The number of hydrogen-bond donors (Lipinski definition) is 0. The number of methoxy groups -OCH3 is 3. The first-order valence-electron chi connectivity index (χ1n) is 9.54. The Labute approximate surface area is 184 Å². The van der Waals surface area contributed by atoms with E-state index in [9.17, 15) is 4.79 Å². The Morgan fingerprint density at radius 2 is 1.72 bits per heavy atom. The fourth-order valence-electron chi connectivity index (χ4n) is 3.13. The summed E-state index contributed by atoms with van der Waals surface area (Å²) < 4.78 is 21.2. The monoisotopic (exact) mass is 435 g/mol. The van der Waals surface area contributed by atoms with Crippen LogP contribution < -0.4 is 14.2 Å². The van der Waals surface area contributed by atoms with Crippen LogP contribution in [0.4, 0.5) is 5.69 Å². The zero-order valence-corrected chi connectivity index (χ0v) is 17.8. The maximum Gasteiger partial charge on any atom is 0.328 e. The summed E-state index contributed by atoms with van der Waals surface area (Å²) in [7, 11) is 4.23. The number of aromatic nitrogens is 2. The highest BCUT2D eigenvalue weighted by Crippen LogP contribution is 2.42.